The van der Waals surface area contributed by atoms with Crippen molar-refractivity contribution < 1.29 is 23.8 Å². The molecule has 2 N–H and O–H groups in total. The summed E-state index contributed by atoms with van der Waals surface area (Å²) in [6.45, 7) is 2.22. The van der Waals surface area contributed by atoms with Gasteiger partial charge in [0.15, 0.2) is 17.2 Å². The number of carbonyl (C=O) groups excluding carboxylic acids is 1. The lowest BCUT2D eigenvalue weighted by atomic mass is 10.3. The lowest BCUT2D eigenvalue weighted by molar-refractivity contribution is 0.0532. The van der Waals surface area contributed by atoms with E-state index in [0.29, 0.717) is 44.6 Å². The molecule has 27 heavy (non-hydrogen) atoms. The standard InChI is InChI=1S/C17H14N4O5S/c1-2-23-16(22)14-6-10-11(20-17(18)21-15(10)27-14)7-19-26-9-3-4-12-13(5-9)25-8-24-12/h3-7H,2,8H2,1H3,(H2,18,20,21). The summed E-state index contributed by atoms with van der Waals surface area (Å²) < 4.78 is 15.5. The second-order valence-electron chi connectivity index (χ2n) is 5.36. The Labute approximate surface area is 157 Å². The minimum atomic E-state index is -0.418. The molecule has 0 radical (unpaired) electrons. The van der Waals surface area contributed by atoms with Gasteiger partial charge in [0.2, 0.25) is 12.7 Å². The first kappa shape index (κ1) is 17.0. The molecule has 1 aromatic carbocycles. The molecule has 0 fully saturated rings. The Hall–Kier alpha value is -3.40. The van der Waals surface area contributed by atoms with E-state index >= 15 is 0 Å². The monoisotopic (exact) mass is 386 g/mol. The van der Waals surface area contributed by atoms with Gasteiger partial charge in [-0.3, -0.25) is 0 Å². The zero-order chi connectivity index (χ0) is 18.8. The number of rotatable bonds is 5. The fourth-order valence-electron chi connectivity index (χ4n) is 2.43. The van der Waals surface area contributed by atoms with Crippen LogP contribution in [0.3, 0.4) is 0 Å². The molecule has 0 aliphatic carbocycles. The first-order valence-corrected chi connectivity index (χ1v) is 8.80. The highest BCUT2D eigenvalue weighted by molar-refractivity contribution is 7.20. The third kappa shape index (κ3) is 3.47. The van der Waals surface area contributed by atoms with Crippen LogP contribution < -0.4 is 20.0 Å². The SMILES string of the molecule is CCOC(=O)c1cc2c(C=NOc3ccc4c(c3)OCO4)nc(N)nc2s1. The molecular weight excluding hydrogens is 372 g/mol. The summed E-state index contributed by atoms with van der Waals surface area (Å²) in [6.07, 6.45) is 1.41. The molecule has 138 valence electrons. The van der Waals surface area contributed by atoms with Crippen molar-refractivity contribution in [2.75, 3.05) is 19.1 Å². The van der Waals surface area contributed by atoms with E-state index in [2.05, 4.69) is 15.1 Å². The predicted octanol–water partition coefficient (Wildman–Crippen LogP) is 2.59. The number of thiophene rings is 1. The highest BCUT2D eigenvalue weighted by Gasteiger charge is 2.16. The number of anilines is 1. The van der Waals surface area contributed by atoms with Gasteiger partial charge in [-0.25, -0.2) is 14.8 Å². The summed E-state index contributed by atoms with van der Waals surface area (Å²) >= 11 is 1.18. The first-order valence-electron chi connectivity index (χ1n) is 7.98. The maximum absolute atomic E-state index is 11.9. The summed E-state index contributed by atoms with van der Waals surface area (Å²) in [5.41, 5.74) is 6.18. The summed E-state index contributed by atoms with van der Waals surface area (Å²) in [5, 5.41) is 4.57. The zero-order valence-electron chi connectivity index (χ0n) is 14.2. The van der Waals surface area contributed by atoms with Gasteiger partial charge in [0, 0.05) is 11.5 Å². The Kier molecular flexibility index (Phi) is 4.47. The minimum Gasteiger partial charge on any atom is -0.462 e. The van der Waals surface area contributed by atoms with Crippen LogP contribution in [-0.4, -0.2) is 35.6 Å². The summed E-state index contributed by atoms with van der Waals surface area (Å²) in [6, 6.07) is 6.77. The fourth-order valence-corrected chi connectivity index (χ4v) is 3.37. The number of esters is 1. The molecule has 0 atom stereocenters. The molecule has 10 heteroatoms. The van der Waals surface area contributed by atoms with Gasteiger partial charge in [-0.2, -0.15) is 0 Å². The number of hydrogen-bond acceptors (Lipinski definition) is 10. The lowest BCUT2D eigenvalue weighted by Gasteiger charge is -2.01. The quantitative estimate of drug-likeness (QED) is 0.404. The van der Waals surface area contributed by atoms with E-state index in [-0.39, 0.29) is 12.7 Å². The van der Waals surface area contributed by atoms with E-state index < -0.39 is 5.97 Å². The number of oxime groups is 1. The first-order chi connectivity index (χ1) is 13.1. The van der Waals surface area contributed by atoms with Crippen LogP contribution in [0.5, 0.6) is 17.2 Å². The molecule has 4 rings (SSSR count). The van der Waals surface area contributed by atoms with Gasteiger partial charge < -0.3 is 24.8 Å². The Morgan fingerprint density at radius 1 is 1.33 bits per heavy atom. The topological polar surface area (TPSA) is 118 Å². The molecule has 0 bridgehead atoms. The molecule has 0 spiro atoms. The van der Waals surface area contributed by atoms with Crippen molar-refractivity contribution >= 4 is 39.7 Å². The number of nitrogens with zero attached hydrogens (tertiary/aromatic N) is 3. The molecule has 2 aromatic heterocycles. The molecule has 0 saturated carbocycles. The number of fused-ring (bicyclic) bond motifs is 2. The van der Waals surface area contributed by atoms with Crippen LogP contribution in [0.1, 0.15) is 22.3 Å². The molecular formula is C17H14N4O5S. The number of carbonyl (C=O) groups is 1. The Bertz CT molecular complexity index is 1050. The summed E-state index contributed by atoms with van der Waals surface area (Å²) in [5.74, 6) is 1.38. The average Bonchev–Trinajstić information content (AvgIpc) is 3.28. The van der Waals surface area contributed by atoms with E-state index in [9.17, 15) is 4.79 Å². The second kappa shape index (κ2) is 7.08. The van der Waals surface area contributed by atoms with E-state index in [4.69, 9.17) is 24.8 Å². The number of aromatic nitrogens is 2. The molecule has 1 aliphatic heterocycles. The van der Waals surface area contributed by atoms with Crippen molar-refractivity contribution in [3.05, 3.63) is 34.8 Å². The Morgan fingerprint density at radius 3 is 3.04 bits per heavy atom. The average molecular weight is 386 g/mol. The lowest BCUT2D eigenvalue weighted by Crippen LogP contribution is -2.01. The van der Waals surface area contributed by atoms with Crippen molar-refractivity contribution in [2.45, 2.75) is 6.92 Å². The van der Waals surface area contributed by atoms with E-state index in [0.717, 1.165) is 0 Å². The van der Waals surface area contributed by atoms with Crippen LogP contribution in [0.15, 0.2) is 29.4 Å². The number of benzene rings is 1. The molecule has 0 amide bonds. The van der Waals surface area contributed by atoms with Crippen molar-refractivity contribution in [3.8, 4) is 17.2 Å². The normalized spacial score (nSPS) is 12.6. The van der Waals surface area contributed by atoms with Crippen molar-refractivity contribution in [3.63, 3.8) is 0 Å². The van der Waals surface area contributed by atoms with E-state index in [1.54, 1.807) is 31.2 Å². The number of hydrogen-bond donors (Lipinski definition) is 1. The highest BCUT2D eigenvalue weighted by Crippen LogP contribution is 2.35. The van der Waals surface area contributed by atoms with Crippen LogP contribution >= 0.6 is 11.3 Å². The van der Waals surface area contributed by atoms with Gasteiger partial charge in [-0.05, 0) is 25.1 Å². The van der Waals surface area contributed by atoms with Gasteiger partial charge in [0.1, 0.15) is 9.71 Å². The molecule has 0 saturated heterocycles. The molecule has 3 aromatic rings. The number of ether oxygens (including phenoxy) is 3. The van der Waals surface area contributed by atoms with Crippen molar-refractivity contribution in [1.82, 2.24) is 9.97 Å². The summed E-state index contributed by atoms with van der Waals surface area (Å²) in [7, 11) is 0. The van der Waals surface area contributed by atoms with Crippen LogP contribution in [0.2, 0.25) is 0 Å². The van der Waals surface area contributed by atoms with Gasteiger partial charge in [-0.1, -0.05) is 5.16 Å². The van der Waals surface area contributed by atoms with Gasteiger partial charge in [0.25, 0.3) is 0 Å². The number of nitrogen functional groups attached to an aromatic ring is 1. The highest BCUT2D eigenvalue weighted by atomic mass is 32.1. The second-order valence-corrected chi connectivity index (χ2v) is 6.39. The smallest absolute Gasteiger partial charge is 0.348 e. The molecule has 1 aliphatic rings. The van der Waals surface area contributed by atoms with Gasteiger partial charge in [0.05, 0.1) is 18.5 Å². The largest absolute Gasteiger partial charge is 0.462 e. The third-order valence-corrected chi connectivity index (χ3v) is 4.60. The molecule has 0 unspecified atom stereocenters. The predicted molar refractivity (Wildman–Crippen MR) is 98.6 cm³/mol. The van der Waals surface area contributed by atoms with Crippen LogP contribution in [0.25, 0.3) is 10.2 Å². The van der Waals surface area contributed by atoms with E-state index in [1.807, 2.05) is 0 Å². The number of nitrogens with two attached hydrogens (primary N) is 1. The van der Waals surface area contributed by atoms with Crippen LogP contribution in [0.4, 0.5) is 5.95 Å². The fraction of sp³-hybridized carbons (Fsp3) is 0.176. The third-order valence-electron chi connectivity index (χ3n) is 3.59. The maximum Gasteiger partial charge on any atom is 0.348 e. The summed E-state index contributed by atoms with van der Waals surface area (Å²) in [4.78, 5) is 26.6. The zero-order valence-corrected chi connectivity index (χ0v) is 15.0. The molecule has 9 nitrogen and oxygen atoms in total. The Balaban J connectivity index is 1.59. The molecule has 3 heterocycles. The van der Waals surface area contributed by atoms with Crippen molar-refractivity contribution in [1.29, 1.82) is 0 Å². The van der Waals surface area contributed by atoms with Crippen LogP contribution in [0, 0.1) is 0 Å². The maximum atomic E-state index is 11.9. The van der Waals surface area contributed by atoms with Crippen molar-refractivity contribution in [2.24, 2.45) is 5.16 Å². The van der Waals surface area contributed by atoms with Gasteiger partial charge in [-0.15, -0.1) is 11.3 Å². The Morgan fingerprint density at radius 2 is 2.19 bits per heavy atom. The van der Waals surface area contributed by atoms with Crippen LogP contribution in [-0.2, 0) is 4.74 Å². The van der Waals surface area contributed by atoms with Gasteiger partial charge >= 0.3 is 5.97 Å². The van der Waals surface area contributed by atoms with E-state index in [1.165, 1.54) is 17.6 Å². The minimum absolute atomic E-state index is 0.0734.